The second-order valence-electron chi connectivity index (χ2n) is 11.2. The van der Waals surface area contributed by atoms with E-state index in [1.807, 2.05) is 47.1 Å². The number of ether oxygens (including phenoxy) is 1. The van der Waals surface area contributed by atoms with Gasteiger partial charge in [0.25, 0.3) is 5.91 Å². The SMILES string of the molecule is CCCCC(c1ccc(C(=O)NCCC(=O)O)cc1)n1nc(-c2cc(C(F)(F)F)ccc2OC)cc1-c1ccc2cc(Cl)ccc2c1. The Morgan fingerprint density at radius 2 is 1.70 bits per heavy atom. The van der Waals surface area contributed by atoms with Gasteiger partial charge in [0.2, 0.25) is 0 Å². The van der Waals surface area contributed by atoms with Gasteiger partial charge in [-0.05, 0) is 77.4 Å². The highest BCUT2D eigenvalue weighted by Gasteiger charge is 2.32. The van der Waals surface area contributed by atoms with Gasteiger partial charge in [-0.25, -0.2) is 0 Å². The van der Waals surface area contributed by atoms with Gasteiger partial charge >= 0.3 is 12.1 Å². The van der Waals surface area contributed by atoms with E-state index in [-0.39, 0.29) is 30.3 Å². The molecule has 47 heavy (non-hydrogen) atoms. The number of carboxylic acids is 1. The number of carbonyl (C=O) groups is 2. The molecule has 11 heteroatoms. The van der Waals surface area contributed by atoms with Crippen LogP contribution in [0.2, 0.25) is 5.02 Å². The van der Waals surface area contributed by atoms with Crippen molar-refractivity contribution in [3.63, 3.8) is 0 Å². The number of alkyl halides is 3. The minimum atomic E-state index is -4.56. The van der Waals surface area contributed by atoms with E-state index in [0.29, 0.717) is 28.4 Å². The number of carboxylic acid groups (broad SMARTS) is 1. The quantitative estimate of drug-likeness (QED) is 0.139. The first-order chi connectivity index (χ1) is 22.5. The Balaban J connectivity index is 1.64. The summed E-state index contributed by atoms with van der Waals surface area (Å²) in [5.41, 5.74) is 2.42. The number of methoxy groups -OCH3 is 1. The average molecular weight is 664 g/mol. The van der Waals surface area contributed by atoms with Crippen molar-refractivity contribution in [2.75, 3.05) is 13.7 Å². The second-order valence-corrected chi connectivity index (χ2v) is 11.6. The summed E-state index contributed by atoms with van der Waals surface area (Å²) in [5, 5.41) is 18.9. The first-order valence-electron chi connectivity index (χ1n) is 15.1. The normalized spacial score (nSPS) is 12.2. The highest BCUT2D eigenvalue weighted by Crippen LogP contribution is 2.40. The number of hydrogen-bond acceptors (Lipinski definition) is 4. The van der Waals surface area contributed by atoms with Crippen LogP contribution in [-0.2, 0) is 11.0 Å². The molecule has 0 spiro atoms. The lowest BCUT2D eigenvalue weighted by molar-refractivity contribution is -0.138. The van der Waals surface area contributed by atoms with Crippen molar-refractivity contribution in [3.8, 4) is 28.3 Å². The Morgan fingerprint density at radius 1 is 0.979 bits per heavy atom. The molecule has 0 saturated heterocycles. The molecule has 7 nitrogen and oxygen atoms in total. The van der Waals surface area contributed by atoms with Gasteiger partial charge in [0.1, 0.15) is 5.75 Å². The molecule has 1 unspecified atom stereocenters. The lowest BCUT2D eigenvalue weighted by Crippen LogP contribution is -2.26. The molecule has 0 radical (unpaired) electrons. The number of benzene rings is 4. The lowest BCUT2D eigenvalue weighted by Gasteiger charge is -2.21. The monoisotopic (exact) mass is 663 g/mol. The van der Waals surface area contributed by atoms with E-state index < -0.39 is 23.6 Å². The van der Waals surface area contributed by atoms with Crippen LogP contribution in [-0.4, -0.2) is 40.4 Å². The molecule has 0 aliphatic rings. The third kappa shape index (κ3) is 7.77. The van der Waals surface area contributed by atoms with Crippen molar-refractivity contribution in [1.29, 1.82) is 0 Å². The molecule has 4 aromatic carbocycles. The molecule has 5 rings (SSSR count). The maximum Gasteiger partial charge on any atom is 0.416 e. The maximum atomic E-state index is 13.8. The second kappa shape index (κ2) is 14.3. The van der Waals surface area contributed by atoms with Crippen LogP contribution in [0.5, 0.6) is 5.75 Å². The predicted octanol–water partition coefficient (Wildman–Crippen LogP) is 9.04. The van der Waals surface area contributed by atoms with Crippen molar-refractivity contribution >= 4 is 34.2 Å². The molecule has 0 aliphatic heterocycles. The summed E-state index contributed by atoms with van der Waals surface area (Å²) in [6.45, 7) is 2.07. The van der Waals surface area contributed by atoms with E-state index in [9.17, 15) is 22.8 Å². The first-order valence-corrected chi connectivity index (χ1v) is 15.5. The molecule has 0 fully saturated rings. The van der Waals surface area contributed by atoms with Gasteiger partial charge in [-0.15, -0.1) is 0 Å². The van der Waals surface area contributed by atoms with Gasteiger partial charge in [-0.1, -0.05) is 61.7 Å². The summed E-state index contributed by atoms with van der Waals surface area (Å²) < 4.78 is 48.7. The van der Waals surface area contributed by atoms with Crippen LogP contribution in [0.1, 0.15) is 60.1 Å². The minimum absolute atomic E-state index is 0.00539. The zero-order valence-electron chi connectivity index (χ0n) is 25.8. The topological polar surface area (TPSA) is 93.5 Å². The summed E-state index contributed by atoms with van der Waals surface area (Å²) in [6, 6.07) is 23.2. The molecule has 2 N–H and O–H groups in total. The number of aromatic nitrogens is 2. The summed E-state index contributed by atoms with van der Waals surface area (Å²) in [7, 11) is 1.40. The molecule has 1 amide bonds. The van der Waals surface area contributed by atoms with Crippen LogP contribution in [0.15, 0.2) is 84.9 Å². The number of hydrogen-bond donors (Lipinski definition) is 2. The molecule has 1 atom stereocenters. The Hall–Kier alpha value is -4.83. The molecule has 0 saturated carbocycles. The van der Waals surface area contributed by atoms with Gasteiger partial charge in [0.15, 0.2) is 0 Å². The Labute approximate surface area is 274 Å². The lowest BCUT2D eigenvalue weighted by atomic mass is 9.98. The van der Waals surface area contributed by atoms with E-state index in [4.69, 9.17) is 26.5 Å². The third-order valence-corrected chi connectivity index (χ3v) is 8.18. The Kier molecular flexibility index (Phi) is 10.2. The van der Waals surface area contributed by atoms with Crippen LogP contribution in [0.3, 0.4) is 0 Å². The highest BCUT2D eigenvalue weighted by atomic mass is 35.5. The average Bonchev–Trinajstić information content (AvgIpc) is 3.49. The molecular weight excluding hydrogens is 631 g/mol. The smallest absolute Gasteiger partial charge is 0.416 e. The van der Waals surface area contributed by atoms with E-state index in [1.54, 1.807) is 24.3 Å². The zero-order chi connectivity index (χ0) is 33.7. The molecule has 1 aromatic heterocycles. The van der Waals surface area contributed by atoms with Crippen molar-refractivity contribution in [1.82, 2.24) is 15.1 Å². The number of nitrogens with one attached hydrogen (secondary N) is 1. The third-order valence-electron chi connectivity index (χ3n) is 7.94. The van der Waals surface area contributed by atoms with Crippen molar-refractivity contribution in [2.45, 2.75) is 44.8 Å². The Bertz CT molecular complexity index is 1900. The molecule has 244 valence electrons. The number of nitrogens with zero attached hydrogens (tertiary/aromatic N) is 2. The van der Waals surface area contributed by atoms with Crippen molar-refractivity contribution < 1.29 is 32.6 Å². The van der Waals surface area contributed by atoms with Crippen molar-refractivity contribution in [3.05, 3.63) is 107 Å². The zero-order valence-corrected chi connectivity index (χ0v) is 26.5. The summed E-state index contributed by atoms with van der Waals surface area (Å²) in [6.07, 6.45) is -2.36. The number of amides is 1. The maximum absolute atomic E-state index is 13.8. The van der Waals surface area contributed by atoms with Gasteiger partial charge in [0.05, 0.1) is 36.5 Å². The van der Waals surface area contributed by atoms with Crippen LogP contribution < -0.4 is 10.1 Å². The largest absolute Gasteiger partial charge is 0.496 e. The van der Waals surface area contributed by atoms with Crippen LogP contribution in [0.4, 0.5) is 13.2 Å². The Morgan fingerprint density at radius 3 is 2.38 bits per heavy atom. The summed E-state index contributed by atoms with van der Waals surface area (Å²) >= 11 is 6.22. The minimum Gasteiger partial charge on any atom is -0.496 e. The fourth-order valence-electron chi connectivity index (χ4n) is 5.51. The highest BCUT2D eigenvalue weighted by molar-refractivity contribution is 6.31. The van der Waals surface area contributed by atoms with Gasteiger partial charge in [-0.2, -0.15) is 18.3 Å². The predicted molar refractivity (Wildman–Crippen MR) is 176 cm³/mol. The summed E-state index contributed by atoms with van der Waals surface area (Å²) in [4.78, 5) is 23.4. The van der Waals surface area contributed by atoms with Crippen LogP contribution in [0, 0.1) is 0 Å². The number of fused-ring (bicyclic) bond motifs is 1. The van der Waals surface area contributed by atoms with Crippen LogP contribution in [0.25, 0.3) is 33.3 Å². The molecule has 0 aliphatic carbocycles. The van der Waals surface area contributed by atoms with E-state index in [1.165, 1.54) is 13.2 Å². The van der Waals surface area contributed by atoms with E-state index in [0.717, 1.165) is 46.9 Å². The van der Waals surface area contributed by atoms with E-state index in [2.05, 4.69) is 12.2 Å². The number of aliphatic carboxylic acids is 1. The van der Waals surface area contributed by atoms with Crippen LogP contribution >= 0.6 is 11.6 Å². The molecule has 1 heterocycles. The number of rotatable bonds is 12. The number of unbranched alkanes of at least 4 members (excludes halogenated alkanes) is 1. The number of halogens is 4. The van der Waals surface area contributed by atoms with Gasteiger partial charge in [0, 0.05) is 28.3 Å². The fourth-order valence-corrected chi connectivity index (χ4v) is 5.69. The van der Waals surface area contributed by atoms with E-state index >= 15 is 0 Å². The van der Waals surface area contributed by atoms with Gasteiger partial charge in [-0.3, -0.25) is 14.3 Å². The summed E-state index contributed by atoms with van der Waals surface area (Å²) in [5.74, 6) is -1.14. The standard InChI is InChI=1S/C36H33ClF3N3O4/c1-3-4-5-31(22-6-8-23(9-7-22)35(46)41-17-16-34(44)45)43-32(26-11-10-25-19-28(37)14-12-24(25)18-26)21-30(42-43)29-20-27(36(38,39)40)13-15-33(29)47-2/h6-15,18-21,31H,3-5,16-17H2,1-2H3,(H,41,46)(H,44,45). The first kappa shape index (κ1) is 33.5. The number of carbonyl (C=O) groups excluding carboxylic acids is 1. The van der Waals surface area contributed by atoms with Crippen molar-refractivity contribution in [2.24, 2.45) is 0 Å². The molecule has 0 bridgehead atoms. The van der Waals surface area contributed by atoms with Gasteiger partial charge < -0.3 is 15.2 Å². The molecule has 5 aromatic rings. The molecular formula is C36H33ClF3N3O4. The fraction of sp³-hybridized carbons (Fsp3) is 0.250.